The van der Waals surface area contributed by atoms with Gasteiger partial charge in [-0.2, -0.15) is 0 Å². The van der Waals surface area contributed by atoms with Gasteiger partial charge in [-0.15, -0.1) is 0 Å². The second-order valence-electron chi connectivity index (χ2n) is 5.10. The molecule has 0 radical (unpaired) electrons. The smallest absolute Gasteiger partial charge is 0.308 e. The maximum Gasteiger partial charge on any atom is 0.326 e. The molecule has 0 fully saturated rings. The number of hydrogen-bond acceptors (Lipinski definition) is 1. The van der Waals surface area contributed by atoms with Crippen molar-refractivity contribution in [3.05, 3.63) is 60.2 Å². The molecular formula is C17H20N2O. The van der Waals surface area contributed by atoms with E-state index in [0.29, 0.717) is 0 Å². The van der Waals surface area contributed by atoms with E-state index in [1.807, 2.05) is 75.4 Å². The van der Waals surface area contributed by atoms with Gasteiger partial charge < -0.3 is 5.32 Å². The molecule has 0 aliphatic carbocycles. The van der Waals surface area contributed by atoms with Crippen molar-refractivity contribution in [2.75, 3.05) is 10.2 Å². The van der Waals surface area contributed by atoms with Crippen molar-refractivity contribution in [3.63, 3.8) is 0 Å². The van der Waals surface area contributed by atoms with Gasteiger partial charge in [0.2, 0.25) is 0 Å². The van der Waals surface area contributed by atoms with Crippen molar-refractivity contribution >= 4 is 17.4 Å². The highest BCUT2D eigenvalue weighted by Crippen LogP contribution is 2.19. The number of rotatable bonds is 3. The van der Waals surface area contributed by atoms with Crippen LogP contribution in [0.2, 0.25) is 0 Å². The lowest BCUT2D eigenvalue weighted by Crippen LogP contribution is -2.40. The Morgan fingerprint density at radius 1 is 1.05 bits per heavy atom. The van der Waals surface area contributed by atoms with Gasteiger partial charge in [0.25, 0.3) is 0 Å². The Morgan fingerprint density at radius 3 is 2.35 bits per heavy atom. The lowest BCUT2D eigenvalue weighted by atomic mass is 10.2. The second-order valence-corrected chi connectivity index (χ2v) is 5.10. The first-order valence-electron chi connectivity index (χ1n) is 6.80. The molecule has 2 rings (SSSR count). The van der Waals surface area contributed by atoms with E-state index in [0.717, 1.165) is 16.9 Å². The van der Waals surface area contributed by atoms with E-state index in [1.165, 1.54) is 0 Å². The predicted molar refractivity (Wildman–Crippen MR) is 84.3 cm³/mol. The summed E-state index contributed by atoms with van der Waals surface area (Å²) in [6.45, 7) is 6.01. The summed E-state index contributed by atoms with van der Waals surface area (Å²) in [6, 6.07) is 17.5. The van der Waals surface area contributed by atoms with Crippen LogP contribution in [0.4, 0.5) is 16.2 Å². The van der Waals surface area contributed by atoms with Crippen molar-refractivity contribution in [2.24, 2.45) is 0 Å². The highest BCUT2D eigenvalue weighted by molar-refractivity contribution is 6.02. The van der Waals surface area contributed by atoms with E-state index in [-0.39, 0.29) is 12.1 Å². The number of nitrogens with one attached hydrogen (secondary N) is 1. The molecule has 1 N–H and O–H groups in total. The Balaban J connectivity index is 2.20. The van der Waals surface area contributed by atoms with E-state index < -0.39 is 0 Å². The first-order chi connectivity index (χ1) is 9.58. The Morgan fingerprint density at radius 2 is 1.75 bits per heavy atom. The molecule has 2 amide bonds. The fraction of sp³-hybridized carbons (Fsp3) is 0.235. The lowest BCUT2D eigenvalue weighted by molar-refractivity contribution is 0.255. The number of nitrogens with zero attached hydrogens (tertiary/aromatic N) is 1. The third-order valence-electron chi connectivity index (χ3n) is 3.04. The quantitative estimate of drug-likeness (QED) is 0.876. The van der Waals surface area contributed by atoms with Crippen LogP contribution >= 0.6 is 0 Å². The van der Waals surface area contributed by atoms with Crippen LogP contribution in [-0.2, 0) is 0 Å². The molecule has 3 heteroatoms. The average Bonchev–Trinajstić information content (AvgIpc) is 2.39. The number of carbonyl (C=O) groups is 1. The maximum absolute atomic E-state index is 12.5. The van der Waals surface area contributed by atoms with Crippen LogP contribution in [0.3, 0.4) is 0 Å². The van der Waals surface area contributed by atoms with Crippen molar-refractivity contribution in [1.29, 1.82) is 0 Å². The number of benzene rings is 2. The number of hydrogen-bond donors (Lipinski definition) is 1. The molecule has 0 spiro atoms. The summed E-state index contributed by atoms with van der Waals surface area (Å²) >= 11 is 0. The van der Waals surface area contributed by atoms with Crippen molar-refractivity contribution in [2.45, 2.75) is 26.8 Å². The fourth-order valence-corrected chi connectivity index (χ4v) is 2.15. The Bertz CT molecular complexity index is 579. The van der Waals surface area contributed by atoms with Gasteiger partial charge in [0.1, 0.15) is 0 Å². The number of urea groups is 1. The molecule has 2 aromatic rings. The zero-order valence-electron chi connectivity index (χ0n) is 12.1. The summed E-state index contributed by atoms with van der Waals surface area (Å²) in [6.07, 6.45) is 0. The number of carbonyl (C=O) groups excluding carboxylic acids is 1. The van der Waals surface area contributed by atoms with Gasteiger partial charge in [0.15, 0.2) is 0 Å². The van der Waals surface area contributed by atoms with Crippen LogP contribution in [0.25, 0.3) is 0 Å². The highest BCUT2D eigenvalue weighted by atomic mass is 16.2. The predicted octanol–water partition coefficient (Wildman–Crippen LogP) is 4.44. The first kappa shape index (κ1) is 14.1. The molecule has 0 saturated heterocycles. The van der Waals surface area contributed by atoms with E-state index >= 15 is 0 Å². The van der Waals surface area contributed by atoms with E-state index in [1.54, 1.807) is 4.90 Å². The summed E-state index contributed by atoms with van der Waals surface area (Å²) < 4.78 is 0. The number of anilines is 2. The minimum atomic E-state index is -0.114. The largest absolute Gasteiger partial charge is 0.326 e. The van der Waals surface area contributed by atoms with Crippen LogP contribution < -0.4 is 10.2 Å². The molecule has 0 aliphatic rings. The van der Waals surface area contributed by atoms with Gasteiger partial charge in [-0.25, -0.2) is 4.79 Å². The SMILES string of the molecule is Cc1cccc(NC(=O)N(c2ccccc2)C(C)C)c1. The van der Waals surface area contributed by atoms with Gasteiger partial charge in [-0.05, 0) is 50.6 Å². The molecule has 0 aromatic heterocycles. The third-order valence-corrected chi connectivity index (χ3v) is 3.04. The molecule has 0 atom stereocenters. The van der Waals surface area contributed by atoms with Gasteiger partial charge in [0, 0.05) is 17.4 Å². The van der Waals surface area contributed by atoms with Crippen molar-refractivity contribution < 1.29 is 4.79 Å². The van der Waals surface area contributed by atoms with Crippen molar-refractivity contribution in [3.8, 4) is 0 Å². The summed E-state index contributed by atoms with van der Waals surface area (Å²) in [5, 5.41) is 2.95. The molecule has 2 aromatic carbocycles. The summed E-state index contributed by atoms with van der Waals surface area (Å²) in [5.41, 5.74) is 2.84. The molecule has 0 saturated carbocycles. The molecule has 0 bridgehead atoms. The van der Waals surface area contributed by atoms with Crippen LogP contribution in [-0.4, -0.2) is 12.1 Å². The number of para-hydroxylation sites is 1. The minimum Gasteiger partial charge on any atom is -0.308 e. The Hall–Kier alpha value is -2.29. The second kappa shape index (κ2) is 6.24. The van der Waals surface area contributed by atoms with Gasteiger partial charge in [0.05, 0.1) is 0 Å². The molecule has 0 unspecified atom stereocenters. The monoisotopic (exact) mass is 268 g/mol. The average molecular weight is 268 g/mol. The molecule has 0 aliphatic heterocycles. The lowest BCUT2D eigenvalue weighted by Gasteiger charge is -2.27. The number of amides is 2. The molecule has 104 valence electrons. The van der Waals surface area contributed by atoms with Crippen LogP contribution in [0.1, 0.15) is 19.4 Å². The van der Waals surface area contributed by atoms with E-state index in [9.17, 15) is 4.79 Å². The first-order valence-corrected chi connectivity index (χ1v) is 6.80. The molecule has 20 heavy (non-hydrogen) atoms. The normalized spacial score (nSPS) is 10.4. The minimum absolute atomic E-state index is 0.0854. The van der Waals surface area contributed by atoms with E-state index in [4.69, 9.17) is 0 Å². The molecule has 0 heterocycles. The highest BCUT2D eigenvalue weighted by Gasteiger charge is 2.18. The van der Waals surface area contributed by atoms with Gasteiger partial charge in [-0.3, -0.25) is 4.90 Å². The van der Waals surface area contributed by atoms with Crippen LogP contribution in [0.5, 0.6) is 0 Å². The van der Waals surface area contributed by atoms with Crippen LogP contribution in [0, 0.1) is 6.92 Å². The zero-order valence-corrected chi connectivity index (χ0v) is 12.1. The summed E-state index contributed by atoms with van der Waals surface area (Å²) in [4.78, 5) is 14.2. The molecular weight excluding hydrogens is 248 g/mol. The molecule has 3 nitrogen and oxygen atoms in total. The van der Waals surface area contributed by atoms with Gasteiger partial charge >= 0.3 is 6.03 Å². The van der Waals surface area contributed by atoms with Crippen molar-refractivity contribution in [1.82, 2.24) is 0 Å². The standard InChI is InChI=1S/C17H20N2O/c1-13(2)19(16-10-5-4-6-11-16)17(20)18-15-9-7-8-14(3)12-15/h4-13H,1-3H3,(H,18,20). The number of aryl methyl sites for hydroxylation is 1. The van der Waals surface area contributed by atoms with Gasteiger partial charge in [-0.1, -0.05) is 30.3 Å². The summed E-state index contributed by atoms with van der Waals surface area (Å²) in [5.74, 6) is 0. The summed E-state index contributed by atoms with van der Waals surface area (Å²) in [7, 11) is 0. The fourth-order valence-electron chi connectivity index (χ4n) is 2.15. The maximum atomic E-state index is 12.5. The topological polar surface area (TPSA) is 32.3 Å². The zero-order chi connectivity index (χ0) is 14.5. The third kappa shape index (κ3) is 3.38. The van der Waals surface area contributed by atoms with Crippen LogP contribution in [0.15, 0.2) is 54.6 Å². The van der Waals surface area contributed by atoms with E-state index in [2.05, 4.69) is 5.32 Å². The Labute approximate surface area is 120 Å². The Kier molecular flexibility index (Phi) is 4.41.